The number of hydrogen-bond donors (Lipinski definition) is 3. The number of carboxylic acids is 1. The lowest BCUT2D eigenvalue weighted by Crippen LogP contribution is -2.34. The average Bonchev–Trinajstić information content (AvgIpc) is 2.45. The number of hydrogen-bond acceptors (Lipinski definition) is 3. The van der Waals surface area contributed by atoms with E-state index < -0.39 is 5.97 Å². The predicted octanol–water partition coefficient (Wildman–Crippen LogP) is 2.15. The molecule has 0 saturated carbocycles. The third kappa shape index (κ3) is 6.82. The van der Waals surface area contributed by atoms with Crippen LogP contribution in [0.3, 0.4) is 0 Å². The van der Waals surface area contributed by atoms with Crippen LogP contribution < -0.4 is 10.6 Å². The van der Waals surface area contributed by atoms with E-state index in [4.69, 9.17) is 5.11 Å². The number of benzene rings is 1. The van der Waals surface area contributed by atoms with E-state index in [-0.39, 0.29) is 24.4 Å². The zero-order valence-electron chi connectivity index (χ0n) is 13.6. The third-order valence-corrected chi connectivity index (χ3v) is 3.04. The van der Waals surface area contributed by atoms with Crippen molar-refractivity contribution in [3.63, 3.8) is 0 Å². The van der Waals surface area contributed by atoms with Crippen molar-refractivity contribution >= 4 is 23.6 Å². The first-order chi connectivity index (χ1) is 10.8. The number of rotatable bonds is 7. The van der Waals surface area contributed by atoms with Gasteiger partial charge in [-0.15, -0.1) is 0 Å². The van der Waals surface area contributed by atoms with Crippen molar-refractivity contribution in [1.82, 2.24) is 10.2 Å². The quantitative estimate of drug-likeness (QED) is 0.716. The Kier molecular flexibility index (Phi) is 7.05. The molecule has 0 aromatic heterocycles. The Morgan fingerprint density at radius 1 is 1.17 bits per heavy atom. The molecule has 0 atom stereocenters. The molecule has 7 heteroatoms. The summed E-state index contributed by atoms with van der Waals surface area (Å²) in [7, 11) is 1.63. The molecule has 0 aliphatic heterocycles. The Labute approximate surface area is 135 Å². The van der Waals surface area contributed by atoms with Crippen LogP contribution >= 0.6 is 0 Å². The van der Waals surface area contributed by atoms with Gasteiger partial charge < -0.3 is 20.6 Å². The van der Waals surface area contributed by atoms with E-state index in [9.17, 15) is 14.4 Å². The van der Waals surface area contributed by atoms with Crippen LogP contribution in [0.25, 0.3) is 0 Å². The minimum absolute atomic E-state index is 0.0332. The molecule has 0 fully saturated rings. The van der Waals surface area contributed by atoms with Crippen LogP contribution in [0.4, 0.5) is 10.5 Å². The summed E-state index contributed by atoms with van der Waals surface area (Å²) in [6.45, 7) is 4.10. The number of nitrogens with zero attached hydrogens (tertiary/aromatic N) is 1. The molecule has 126 valence electrons. The maximum Gasteiger partial charge on any atom is 0.319 e. The van der Waals surface area contributed by atoms with Crippen molar-refractivity contribution in [1.29, 1.82) is 0 Å². The Morgan fingerprint density at radius 2 is 1.78 bits per heavy atom. The summed E-state index contributed by atoms with van der Waals surface area (Å²) >= 11 is 0. The lowest BCUT2D eigenvalue weighted by Gasteiger charge is -2.17. The maximum atomic E-state index is 12.2. The second-order valence-corrected chi connectivity index (χ2v) is 5.55. The average molecular weight is 321 g/mol. The summed E-state index contributed by atoms with van der Waals surface area (Å²) in [5.41, 5.74) is 1.07. The molecule has 1 aromatic rings. The molecule has 0 unspecified atom stereocenters. The van der Waals surface area contributed by atoms with Crippen molar-refractivity contribution < 1.29 is 19.5 Å². The molecule has 23 heavy (non-hydrogen) atoms. The van der Waals surface area contributed by atoms with Crippen molar-refractivity contribution in [3.8, 4) is 0 Å². The molecular formula is C16H23N3O4. The first kappa shape index (κ1) is 18.5. The standard InChI is InChI=1S/C16H23N3O4/c1-11(2)17-16(23)18-13-8-6-12(7-9-13)15(22)19(3)10-4-5-14(20)21/h6-9,11H,4-5,10H2,1-3H3,(H,20,21)(H2,17,18,23). The van der Waals surface area contributed by atoms with E-state index >= 15 is 0 Å². The maximum absolute atomic E-state index is 12.2. The van der Waals surface area contributed by atoms with Crippen molar-refractivity contribution in [2.45, 2.75) is 32.7 Å². The first-order valence-electron chi connectivity index (χ1n) is 7.44. The van der Waals surface area contributed by atoms with E-state index in [0.29, 0.717) is 24.2 Å². The number of aliphatic carboxylic acids is 1. The monoisotopic (exact) mass is 321 g/mol. The minimum Gasteiger partial charge on any atom is -0.481 e. The van der Waals surface area contributed by atoms with Crippen LogP contribution in [0.1, 0.15) is 37.0 Å². The van der Waals surface area contributed by atoms with Gasteiger partial charge in [-0.1, -0.05) is 0 Å². The summed E-state index contributed by atoms with van der Waals surface area (Å²) in [4.78, 5) is 35.7. The Morgan fingerprint density at radius 3 is 2.30 bits per heavy atom. The fourth-order valence-electron chi connectivity index (χ4n) is 1.91. The number of amides is 3. The minimum atomic E-state index is -0.874. The molecule has 0 saturated heterocycles. The SMILES string of the molecule is CC(C)NC(=O)Nc1ccc(C(=O)N(C)CCCC(=O)O)cc1. The zero-order chi connectivity index (χ0) is 17.4. The molecule has 0 aliphatic carbocycles. The fraction of sp³-hybridized carbons (Fsp3) is 0.438. The third-order valence-electron chi connectivity index (χ3n) is 3.04. The van der Waals surface area contributed by atoms with Gasteiger partial charge in [0, 0.05) is 37.3 Å². The molecule has 1 rings (SSSR count). The Hall–Kier alpha value is -2.57. The highest BCUT2D eigenvalue weighted by Crippen LogP contribution is 2.11. The van der Waals surface area contributed by atoms with Crippen molar-refractivity contribution in [2.75, 3.05) is 18.9 Å². The van der Waals surface area contributed by atoms with Gasteiger partial charge in [0.2, 0.25) is 0 Å². The van der Waals surface area contributed by atoms with Gasteiger partial charge in [0.15, 0.2) is 0 Å². The van der Waals surface area contributed by atoms with Gasteiger partial charge in [-0.2, -0.15) is 0 Å². The lowest BCUT2D eigenvalue weighted by atomic mass is 10.1. The van der Waals surface area contributed by atoms with Crippen LogP contribution in [-0.4, -0.2) is 47.5 Å². The van der Waals surface area contributed by atoms with E-state index in [2.05, 4.69) is 10.6 Å². The fourth-order valence-corrected chi connectivity index (χ4v) is 1.91. The molecule has 1 aromatic carbocycles. The molecule has 7 nitrogen and oxygen atoms in total. The largest absolute Gasteiger partial charge is 0.481 e. The number of urea groups is 1. The lowest BCUT2D eigenvalue weighted by molar-refractivity contribution is -0.137. The molecular weight excluding hydrogens is 298 g/mol. The van der Waals surface area contributed by atoms with Crippen LogP contribution in [0.15, 0.2) is 24.3 Å². The number of carbonyl (C=O) groups excluding carboxylic acids is 2. The zero-order valence-corrected chi connectivity index (χ0v) is 13.6. The highest BCUT2D eigenvalue weighted by molar-refractivity contribution is 5.95. The summed E-state index contributed by atoms with van der Waals surface area (Å²) < 4.78 is 0. The number of carboxylic acid groups (broad SMARTS) is 1. The molecule has 0 spiro atoms. The molecule has 3 N–H and O–H groups in total. The van der Waals surface area contributed by atoms with E-state index in [0.717, 1.165) is 0 Å². The topological polar surface area (TPSA) is 98.7 Å². The van der Waals surface area contributed by atoms with Crippen LogP contribution in [0, 0.1) is 0 Å². The number of anilines is 1. The molecule has 0 aliphatic rings. The van der Waals surface area contributed by atoms with Crippen LogP contribution in [0.5, 0.6) is 0 Å². The van der Waals surface area contributed by atoms with Gasteiger partial charge in [-0.05, 0) is 44.5 Å². The highest BCUT2D eigenvalue weighted by Gasteiger charge is 2.12. The summed E-state index contributed by atoms with van der Waals surface area (Å²) in [6, 6.07) is 6.29. The first-order valence-corrected chi connectivity index (χ1v) is 7.44. The summed E-state index contributed by atoms with van der Waals surface area (Å²) in [5, 5.41) is 14.0. The van der Waals surface area contributed by atoms with E-state index in [1.165, 1.54) is 4.90 Å². The number of carbonyl (C=O) groups is 3. The normalized spacial score (nSPS) is 10.3. The van der Waals surface area contributed by atoms with Gasteiger partial charge in [-0.25, -0.2) is 4.79 Å². The Bertz CT molecular complexity index is 555. The smallest absolute Gasteiger partial charge is 0.319 e. The highest BCUT2D eigenvalue weighted by atomic mass is 16.4. The van der Waals surface area contributed by atoms with Gasteiger partial charge in [0.1, 0.15) is 0 Å². The van der Waals surface area contributed by atoms with Crippen LogP contribution in [0.2, 0.25) is 0 Å². The van der Waals surface area contributed by atoms with E-state index in [1.807, 2.05) is 13.8 Å². The van der Waals surface area contributed by atoms with Gasteiger partial charge in [-0.3, -0.25) is 9.59 Å². The van der Waals surface area contributed by atoms with Gasteiger partial charge >= 0.3 is 12.0 Å². The van der Waals surface area contributed by atoms with Crippen LogP contribution in [-0.2, 0) is 4.79 Å². The molecule has 3 amide bonds. The second-order valence-electron chi connectivity index (χ2n) is 5.55. The van der Waals surface area contributed by atoms with E-state index in [1.54, 1.807) is 31.3 Å². The summed E-state index contributed by atoms with van der Waals surface area (Å²) in [6.07, 6.45) is 0.442. The Balaban J connectivity index is 2.56. The molecule has 0 heterocycles. The van der Waals surface area contributed by atoms with Gasteiger partial charge in [0.25, 0.3) is 5.91 Å². The van der Waals surface area contributed by atoms with Crippen molar-refractivity contribution in [2.24, 2.45) is 0 Å². The molecule has 0 radical (unpaired) electrons. The van der Waals surface area contributed by atoms with Crippen molar-refractivity contribution in [3.05, 3.63) is 29.8 Å². The molecule has 0 bridgehead atoms. The number of nitrogens with one attached hydrogen (secondary N) is 2. The second kappa shape index (κ2) is 8.77. The predicted molar refractivity (Wildman–Crippen MR) is 87.6 cm³/mol. The summed E-state index contributed by atoms with van der Waals surface area (Å²) in [5.74, 6) is -1.06. The van der Waals surface area contributed by atoms with Gasteiger partial charge in [0.05, 0.1) is 0 Å².